The molecule has 2 heteroatoms. The lowest BCUT2D eigenvalue weighted by molar-refractivity contribution is -0.153. The van der Waals surface area contributed by atoms with Crippen LogP contribution in [0.4, 0.5) is 0 Å². The lowest BCUT2D eigenvalue weighted by Gasteiger charge is -2.44. The van der Waals surface area contributed by atoms with Gasteiger partial charge in [-0.3, -0.25) is 4.79 Å². The number of unbranched alkanes of at least 4 members (excludes halogenated alkanes) is 3. The van der Waals surface area contributed by atoms with Crippen LogP contribution in [0.2, 0.25) is 0 Å². The Kier molecular flexibility index (Phi) is 6.35. The molecule has 112 valence electrons. The molecule has 1 aliphatic rings. The molecule has 0 heterocycles. The Balaban J connectivity index is 2.58. The maximum absolute atomic E-state index is 11.7. The first-order valence-electron chi connectivity index (χ1n) is 8.27. The third-order valence-electron chi connectivity index (χ3n) is 5.73. The van der Waals surface area contributed by atoms with Gasteiger partial charge in [0.1, 0.15) is 0 Å². The molecule has 1 rings (SSSR count). The Morgan fingerprint density at radius 3 is 1.95 bits per heavy atom. The Bertz CT molecular complexity index is 269. The summed E-state index contributed by atoms with van der Waals surface area (Å²) in [5.74, 6) is -0.537. The number of hydrogen-bond acceptors (Lipinski definition) is 1. The summed E-state index contributed by atoms with van der Waals surface area (Å²) in [5.41, 5.74) is 0.0317. The van der Waals surface area contributed by atoms with Crippen LogP contribution < -0.4 is 0 Å². The number of carbonyl (C=O) groups is 1. The van der Waals surface area contributed by atoms with Crippen LogP contribution in [-0.4, -0.2) is 11.1 Å². The highest BCUT2D eigenvalue weighted by molar-refractivity contribution is 5.74. The van der Waals surface area contributed by atoms with Gasteiger partial charge in [-0.25, -0.2) is 0 Å². The van der Waals surface area contributed by atoms with Crippen molar-refractivity contribution in [2.75, 3.05) is 0 Å². The molecular weight excluding hydrogens is 236 g/mol. The predicted molar refractivity (Wildman–Crippen MR) is 80.3 cm³/mol. The summed E-state index contributed by atoms with van der Waals surface area (Å²) in [5, 5.41) is 9.66. The van der Waals surface area contributed by atoms with Gasteiger partial charge < -0.3 is 5.11 Å². The number of carboxylic acid groups (broad SMARTS) is 1. The minimum Gasteiger partial charge on any atom is -0.481 e. The minimum absolute atomic E-state index is 0.401. The summed E-state index contributed by atoms with van der Waals surface area (Å²) in [4.78, 5) is 11.7. The van der Waals surface area contributed by atoms with E-state index in [4.69, 9.17) is 0 Å². The van der Waals surface area contributed by atoms with Crippen molar-refractivity contribution >= 4 is 5.97 Å². The summed E-state index contributed by atoms with van der Waals surface area (Å²) >= 11 is 0. The van der Waals surface area contributed by atoms with Gasteiger partial charge in [0.15, 0.2) is 0 Å². The highest BCUT2D eigenvalue weighted by Gasteiger charge is 2.45. The molecule has 0 spiro atoms. The molecule has 1 fully saturated rings. The molecule has 2 nitrogen and oxygen atoms in total. The fraction of sp³-hybridized carbons (Fsp3) is 0.941. The van der Waals surface area contributed by atoms with Gasteiger partial charge in [-0.2, -0.15) is 0 Å². The molecule has 19 heavy (non-hydrogen) atoms. The number of hydrogen-bond donors (Lipinski definition) is 1. The molecule has 0 radical (unpaired) electrons. The third kappa shape index (κ3) is 3.97. The zero-order valence-corrected chi connectivity index (χ0v) is 13.1. The Hall–Kier alpha value is -0.530. The molecule has 0 bridgehead atoms. The summed E-state index contributed by atoms with van der Waals surface area (Å²) in [6.07, 6.45) is 12.1. The van der Waals surface area contributed by atoms with Crippen molar-refractivity contribution in [3.8, 4) is 0 Å². The Morgan fingerprint density at radius 1 is 0.947 bits per heavy atom. The first-order chi connectivity index (χ1) is 9.04. The minimum atomic E-state index is -0.537. The lowest BCUT2D eigenvalue weighted by Crippen LogP contribution is -2.39. The molecule has 0 unspecified atom stereocenters. The number of rotatable bonds is 8. The van der Waals surface area contributed by atoms with E-state index in [9.17, 15) is 9.90 Å². The first kappa shape index (κ1) is 16.5. The van der Waals surface area contributed by atoms with Crippen molar-refractivity contribution in [1.29, 1.82) is 0 Å². The van der Waals surface area contributed by atoms with E-state index in [1.54, 1.807) is 0 Å². The Labute approximate surface area is 119 Å². The topological polar surface area (TPSA) is 37.3 Å². The van der Waals surface area contributed by atoms with Crippen molar-refractivity contribution in [3.63, 3.8) is 0 Å². The van der Waals surface area contributed by atoms with Crippen LogP contribution in [-0.2, 0) is 4.79 Å². The van der Waals surface area contributed by atoms with Crippen LogP contribution in [0.3, 0.4) is 0 Å². The van der Waals surface area contributed by atoms with E-state index in [1.807, 2.05) is 0 Å². The highest BCUT2D eigenvalue weighted by Crippen LogP contribution is 2.51. The number of carboxylic acids is 1. The van der Waals surface area contributed by atoms with Gasteiger partial charge in [0.25, 0.3) is 0 Å². The lowest BCUT2D eigenvalue weighted by atomic mass is 9.60. The van der Waals surface area contributed by atoms with E-state index in [0.29, 0.717) is 5.41 Å². The van der Waals surface area contributed by atoms with Gasteiger partial charge in [0.05, 0.1) is 5.41 Å². The molecule has 0 aromatic heterocycles. The summed E-state index contributed by atoms with van der Waals surface area (Å²) < 4.78 is 0. The van der Waals surface area contributed by atoms with E-state index in [-0.39, 0.29) is 0 Å². The van der Waals surface area contributed by atoms with Gasteiger partial charge in [-0.15, -0.1) is 0 Å². The smallest absolute Gasteiger partial charge is 0.309 e. The largest absolute Gasteiger partial charge is 0.481 e. The molecule has 1 aliphatic carbocycles. The van der Waals surface area contributed by atoms with Gasteiger partial charge in [0, 0.05) is 0 Å². The molecule has 0 atom stereocenters. The Morgan fingerprint density at radius 2 is 1.53 bits per heavy atom. The normalized spacial score (nSPS) is 21.2. The maximum atomic E-state index is 11.7. The van der Waals surface area contributed by atoms with Crippen LogP contribution in [0, 0.1) is 10.8 Å². The second kappa shape index (κ2) is 7.31. The molecule has 1 saturated carbocycles. The van der Waals surface area contributed by atoms with E-state index in [1.165, 1.54) is 32.1 Å². The SMILES string of the molecule is CCCCCCC1(C(=O)O)CCC(CC)(CC)CC1. The zero-order valence-electron chi connectivity index (χ0n) is 13.1. The molecule has 0 saturated heterocycles. The number of aliphatic carboxylic acids is 1. The fourth-order valence-corrected chi connectivity index (χ4v) is 3.68. The summed E-state index contributed by atoms with van der Waals surface area (Å²) in [7, 11) is 0. The van der Waals surface area contributed by atoms with Crippen LogP contribution in [0.5, 0.6) is 0 Å². The van der Waals surface area contributed by atoms with E-state index in [0.717, 1.165) is 38.5 Å². The summed E-state index contributed by atoms with van der Waals surface area (Å²) in [6.45, 7) is 6.72. The average molecular weight is 268 g/mol. The van der Waals surface area contributed by atoms with Gasteiger partial charge in [0.2, 0.25) is 0 Å². The van der Waals surface area contributed by atoms with E-state index < -0.39 is 11.4 Å². The highest BCUT2D eigenvalue weighted by atomic mass is 16.4. The average Bonchev–Trinajstić information content (AvgIpc) is 2.44. The van der Waals surface area contributed by atoms with E-state index >= 15 is 0 Å². The second-order valence-corrected chi connectivity index (χ2v) is 6.60. The fourth-order valence-electron chi connectivity index (χ4n) is 3.68. The quantitative estimate of drug-likeness (QED) is 0.598. The zero-order chi connectivity index (χ0) is 14.4. The van der Waals surface area contributed by atoms with Crippen molar-refractivity contribution in [3.05, 3.63) is 0 Å². The molecule has 1 N–H and O–H groups in total. The van der Waals surface area contributed by atoms with Gasteiger partial charge >= 0.3 is 5.97 Å². The van der Waals surface area contributed by atoms with Gasteiger partial charge in [-0.05, 0) is 37.5 Å². The molecular formula is C17H32O2. The molecule has 0 aromatic carbocycles. The van der Waals surface area contributed by atoms with Gasteiger partial charge in [-0.1, -0.05) is 59.3 Å². The van der Waals surface area contributed by atoms with Crippen molar-refractivity contribution in [2.45, 2.75) is 91.4 Å². The van der Waals surface area contributed by atoms with Crippen LogP contribution in [0.15, 0.2) is 0 Å². The van der Waals surface area contributed by atoms with Crippen molar-refractivity contribution in [2.24, 2.45) is 10.8 Å². The maximum Gasteiger partial charge on any atom is 0.309 e. The van der Waals surface area contributed by atoms with E-state index in [2.05, 4.69) is 20.8 Å². The molecule has 0 aromatic rings. The molecule has 0 amide bonds. The monoisotopic (exact) mass is 268 g/mol. The summed E-state index contributed by atoms with van der Waals surface area (Å²) in [6, 6.07) is 0. The van der Waals surface area contributed by atoms with Crippen LogP contribution >= 0.6 is 0 Å². The van der Waals surface area contributed by atoms with Crippen LogP contribution in [0.1, 0.15) is 91.4 Å². The van der Waals surface area contributed by atoms with Crippen LogP contribution in [0.25, 0.3) is 0 Å². The predicted octanol–water partition coefficient (Wildman–Crippen LogP) is 5.41. The van der Waals surface area contributed by atoms with Crippen molar-refractivity contribution in [1.82, 2.24) is 0 Å². The van der Waals surface area contributed by atoms with Crippen molar-refractivity contribution < 1.29 is 9.90 Å². The first-order valence-corrected chi connectivity index (χ1v) is 8.27. The second-order valence-electron chi connectivity index (χ2n) is 6.60. The standard InChI is InChI=1S/C17H32O2/c1-4-7-8-9-10-17(15(18)19)13-11-16(5-2,6-3)12-14-17/h4-14H2,1-3H3,(H,18,19). The molecule has 0 aliphatic heterocycles. The third-order valence-corrected chi connectivity index (χ3v) is 5.73.